The molecule has 0 unspecified atom stereocenters. The fourth-order valence-electron chi connectivity index (χ4n) is 1.28. The highest BCUT2D eigenvalue weighted by atomic mass is 35.5. The Morgan fingerprint density at radius 2 is 2.20 bits per heavy atom. The Morgan fingerprint density at radius 3 is 3.00 bits per heavy atom. The molecule has 0 aliphatic carbocycles. The van der Waals surface area contributed by atoms with Crippen molar-refractivity contribution in [3.63, 3.8) is 0 Å². The van der Waals surface area contributed by atoms with Crippen molar-refractivity contribution >= 4 is 22.7 Å². The number of benzene rings is 1. The molecule has 0 amide bonds. The second kappa shape index (κ2) is 4.40. The van der Waals surface area contributed by atoms with Crippen LogP contribution in [0.5, 0.6) is 0 Å². The number of para-hydroxylation sites is 2. The number of halogens is 1. The van der Waals surface area contributed by atoms with Crippen LogP contribution in [0.25, 0.3) is 11.1 Å². The fourth-order valence-corrected chi connectivity index (χ4v) is 1.39. The zero-order valence-electron chi connectivity index (χ0n) is 7.98. The minimum Gasteiger partial charge on any atom is -0.408 e. The van der Waals surface area contributed by atoms with E-state index in [-0.39, 0.29) is 0 Å². The topological polar surface area (TPSA) is 44.4 Å². The van der Waals surface area contributed by atoms with Crippen LogP contribution < -0.4 is 10.6 Å². The van der Waals surface area contributed by atoms with E-state index in [2.05, 4.69) is 0 Å². The van der Waals surface area contributed by atoms with Crippen LogP contribution in [-0.2, 0) is 0 Å². The first kappa shape index (κ1) is 10.1. The summed E-state index contributed by atoms with van der Waals surface area (Å²) in [6.45, 7) is 0.396. The third-order valence-electron chi connectivity index (χ3n) is 1.95. The zero-order valence-corrected chi connectivity index (χ0v) is 8.74. The summed E-state index contributed by atoms with van der Waals surface area (Å²) in [5, 5.41) is 0. The summed E-state index contributed by atoms with van der Waals surface area (Å²) in [5.41, 5.74) is 1.16. The largest absolute Gasteiger partial charge is 0.453 e. The van der Waals surface area contributed by atoms with Crippen LogP contribution >= 0.6 is 11.6 Å². The molecule has 1 aromatic carbocycles. The standard InChI is InChI=1S/C10H10ClNO3/c11-6-3-7-14-12-8-4-1-2-5-9(8)15-10(12)13/h1-2,4-5H,3,6-7H2. The summed E-state index contributed by atoms with van der Waals surface area (Å²) in [6, 6.07) is 7.10. The lowest BCUT2D eigenvalue weighted by atomic mass is 10.3. The van der Waals surface area contributed by atoms with Crippen molar-refractivity contribution < 1.29 is 9.25 Å². The van der Waals surface area contributed by atoms with E-state index < -0.39 is 5.76 Å². The molecule has 0 fully saturated rings. The van der Waals surface area contributed by atoms with Crippen LogP contribution in [0.15, 0.2) is 33.5 Å². The Hall–Kier alpha value is -1.42. The van der Waals surface area contributed by atoms with Gasteiger partial charge in [-0.1, -0.05) is 12.1 Å². The first-order chi connectivity index (χ1) is 7.33. The third kappa shape index (κ3) is 1.99. The van der Waals surface area contributed by atoms with E-state index in [4.69, 9.17) is 20.9 Å². The first-order valence-corrected chi connectivity index (χ1v) is 5.16. The Morgan fingerprint density at radius 1 is 1.40 bits per heavy atom. The third-order valence-corrected chi connectivity index (χ3v) is 2.21. The molecule has 0 radical (unpaired) electrons. The molecular weight excluding hydrogens is 218 g/mol. The van der Waals surface area contributed by atoms with Crippen LogP contribution in [0.1, 0.15) is 6.42 Å². The van der Waals surface area contributed by atoms with Gasteiger partial charge in [-0.05, 0) is 18.6 Å². The van der Waals surface area contributed by atoms with E-state index in [1.165, 1.54) is 0 Å². The van der Waals surface area contributed by atoms with E-state index in [0.717, 1.165) is 4.73 Å². The van der Waals surface area contributed by atoms with E-state index in [0.29, 0.717) is 30.0 Å². The van der Waals surface area contributed by atoms with Gasteiger partial charge >= 0.3 is 5.76 Å². The Kier molecular flexibility index (Phi) is 2.97. The first-order valence-electron chi connectivity index (χ1n) is 4.63. The Balaban J connectivity index is 2.33. The monoisotopic (exact) mass is 227 g/mol. The van der Waals surface area contributed by atoms with Gasteiger partial charge in [-0.2, -0.15) is 0 Å². The molecule has 0 bridgehead atoms. The lowest BCUT2D eigenvalue weighted by molar-refractivity contribution is 0.103. The molecule has 0 saturated carbocycles. The highest BCUT2D eigenvalue weighted by molar-refractivity contribution is 6.17. The van der Waals surface area contributed by atoms with E-state index in [1.54, 1.807) is 18.2 Å². The molecule has 0 atom stereocenters. The highest BCUT2D eigenvalue weighted by Crippen LogP contribution is 2.10. The molecule has 2 rings (SSSR count). The molecule has 1 heterocycles. The fraction of sp³-hybridized carbons (Fsp3) is 0.300. The summed E-state index contributed by atoms with van der Waals surface area (Å²) in [5.74, 6) is -0.00405. The Bertz CT molecular complexity index is 503. The smallest absolute Gasteiger partial charge is 0.408 e. The van der Waals surface area contributed by atoms with Crippen LogP contribution in [0.4, 0.5) is 0 Å². The number of hydrogen-bond acceptors (Lipinski definition) is 3. The predicted octanol–water partition coefficient (Wildman–Crippen LogP) is 1.65. The molecule has 2 aromatic rings. The van der Waals surface area contributed by atoms with E-state index in [1.807, 2.05) is 6.07 Å². The lowest BCUT2D eigenvalue weighted by Crippen LogP contribution is -2.23. The molecule has 80 valence electrons. The minimum absolute atomic E-state index is 0.396. The van der Waals surface area contributed by atoms with E-state index >= 15 is 0 Å². The van der Waals surface area contributed by atoms with Crippen molar-refractivity contribution in [3.8, 4) is 0 Å². The van der Waals surface area contributed by atoms with E-state index in [9.17, 15) is 4.79 Å². The summed E-state index contributed by atoms with van der Waals surface area (Å²) >= 11 is 5.51. The molecule has 15 heavy (non-hydrogen) atoms. The number of alkyl halides is 1. The SMILES string of the molecule is O=c1oc2ccccc2n1OCCCCl. The molecule has 1 aromatic heterocycles. The van der Waals surface area contributed by atoms with Gasteiger partial charge in [0.1, 0.15) is 12.1 Å². The van der Waals surface area contributed by atoms with Crippen LogP contribution in [0, 0.1) is 0 Å². The summed E-state index contributed by atoms with van der Waals surface area (Å²) in [7, 11) is 0. The van der Waals surface area contributed by atoms with Gasteiger partial charge in [0.25, 0.3) is 0 Å². The van der Waals surface area contributed by atoms with Crippen LogP contribution in [0.3, 0.4) is 0 Å². The summed E-state index contributed by atoms with van der Waals surface area (Å²) in [4.78, 5) is 16.6. The van der Waals surface area contributed by atoms with Crippen molar-refractivity contribution in [3.05, 3.63) is 34.8 Å². The maximum absolute atomic E-state index is 11.4. The molecule has 0 aliphatic heterocycles. The Labute approximate surface area is 91.0 Å². The molecule has 0 N–H and O–H groups in total. The molecule has 0 aliphatic rings. The van der Waals surface area contributed by atoms with Crippen molar-refractivity contribution in [2.45, 2.75) is 6.42 Å². The predicted molar refractivity (Wildman–Crippen MR) is 57.3 cm³/mol. The number of hydrogen-bond donors (Lipinski definition) is 0. The lowest BCUT2D eigenvalue weighted by Gasteiger charge is -2.02. The van der Waals surface area contributed by atoms with Gasteiger partial charge < -0.3 is 9.25 Å². The number of rotatable bonds is 4. The summed E-state index contributed by atoms with van der Waals surface area (Å²) in [6.07, 6.45) is 0.688. The average Bonchev–Trinajstić information content (AvgIpc) is 2.56. The molecule has 5 heteroatoms. The van der Waals surface area contributed by atoms with Gasteiger partial charge in [0, 0.05) is 5.88 Å². The molecule has 4 nitrogen and oxygen atoms in total. The minimum atomic E-state index is -0.509. The van der Waals surface area contributed by atoms with Gasteiger partial charge in [-0.25, -0.2) is 4.79 Å². The van der Waals surface area contributed by atoms with Crippen molar-refractivity contribution in [1.29, 1.82) is 0 Å². The van der Waals surface area contributed by atoms with Crippen molar-refractivity contribution in [1.82, 2.24) is 4.73 Å². The number of nitrogens with zero attached hydrogens (tertiary/aromatic N) is 1. The second-order valence-electron chi connectivity index (χ2n) is 3.01. The average molecular weight is 228 g/mol. The molecular formula is C10H10ClNO3. The van der Waals surface area contributed by atoms with Gasteiger partial charge in [0.05, 0.1) is 0 Å². The summed E-state index contributed by atoms with van der Waals surface area (Å²) < 4.78 is 6.13. The van der Waals surface area contributed by atoms with Gasteiger partial charge in [-0.15, -0.1) is 16.3 Å². The van der Waals surface area contributed by atoms with Crippen molar-refractivity contribution in [2.75, 3.05) is 12.5 Å². The highest BCUT2D eigenvalue weighted by Gasteiger charge is 2.08. The maximum atomic E-state index is 11.4. The normalized spacial score (nSPS) is 10.7. The van der Waals surface area contributed by atoms with Crippen LogP contribution in [0.2, 0.25) is 0 Å². The zero-order chi connectivity index (χ0) is 10.7. The molecule has 0 spiro atoms. The molecule has 0 saturated heterocycles. The maximum Gasteiger partial charge on any atom is 0.453 e. The van der Waals surface area contributed by atoms with Gasteiger partial charge in [-0.3, -0.25) is 0 Å². The van der Waals surface area contributed by atoms with Crippen LogP contribution in [-0.4, -0.2) is 17.2 Å². The number of fused-ring (bicyclic) bond motifs is 1. The number of aromatic nitrogens is 1. The van der Waals surface area contributed by atoms with Gasteiger partial charge in [0.15, 0.2) is 5.58 Å². The van der Waals surface area contributed by atoms with Gasteiger partial charge in [0.2, 0.25) is 0 Å². The quantitative estimate of drug-likeness (QED) is 0.589. The number of oxazole rings is 1. The second-order valence-corrected chi connectivity index (χ2v) is 3.38. The van der Waals surface area contributed by atoms with Crippen molar-refractivity contribution in [2.24, 2.45) is 0 Å².